The van der Waals surface area contributed by atoms with Crippen LogP contribution in [0.15, 0.2) is 54.9 Å². The van der Waals surface area contributed by atoms with Crippen molar-refractivity contribution in [3.05, 3.63) is 60.6 Å². The molecule has 1 atom stereocenters. The number of hydrogen-bond donors (Lipinski definition) is 1. The zero-order chi connectivity index (χ0) is 19.2. The van der Waals surface area contributed by atoms with Gasteiger partial charge in [-0.2, -0.15) is 0 Å². The molecule has 0 saturated carbocycles. The van der Waals surface area contributed by atoms with E-state index in [0.29, 0.717) is 0 Å². The van der Waals surface area contributed by atoms with E-state index in [1.807, 2.05) is 24.5 Å². The summed E-state index contributed by atoms with van der Waals surface area (Å²) in [5, 5.41) is 4.81. The molecule has 0 aliphatic carbocycles. The minimum atomic E-state index is 0.261. The molecule has 6 heteroatoms. The average molecular weight is 377 g/mol. The second-order valence-corrected chi connectivity index (χ2v) is 7.34. The Morgan fingerprint density at radius 1 is 0.964 bits per heavy atom. The van der Waals surface area contributed by atoms with Gasteiger partial charge in [-0.3, -0.25) is 9.88 Å². The third-order valence-electron chi connectivity index (χ3n) is 5.37. The summed E-state index contributed by atoms with van der Waals surface area (Å²) < 4.78 is 0. The summed E-state index contributed by atoms with van der Waals surface area (Å²) in [6.07, 6.45) is 4.76. The Kier molecular flexibility index (Phi) is 6.09. The van der Waals surface area contributed by atoms with Crippen molar-refractivity contribution in [2.45, 2.75) is 19.4 Å². The molecule has 1 aliphatic rings. The summed E-state index contributed by atoms with van der Waals surface area (Å²) in [5.41, 5.74) is 2.17. The van der Waals surface area contributed by atoms with Crippen LogP contribution in [0.4, 0.5) is 5.95 Å². The molecule has 0 bridgehead atoms. The van der Waals surface area contributed by atoms with Crippen LogP contribution in [-0.4, -0.2) is 59.1 Å². The van der Waals surface area contributed by atoms with Crippen LogP contribution < -0.4 is 10.2 Å². The van der Waals surface area contributed by atoms with Gasteiger partial charge in [0.05, 0.1) is 11.2 Å². The highest BCUT2D eigenvalue weighted by Crippen LogP contribution is 2.16. The first kappa shape index (κ1) is 18.8. The van der Waals surface area contributed by atoms with Gasteiger partial charge in [0.25, 0.3) is 0 Å². The predicted octanol–water partition coefficient (Wildman–Crippen LogP) is 2.89. The summed E-state index contributed by atoms with van der Waals surface area (Å²) in [4.78, 5) is 18.3. The number of hydrogen-bond acceptors (Lipinski definition) is 6. The van der Waals surface area contributed by atoms with Crippen LogP contribution in [0, 0.1) is 0 Å². The van der Waals surface area contributed by atoms with Crippen molar-refractivity contribution in [2.75, 3.05) is 44.2 Å². The minimum Gasteiger partial charge on any atom is -0.338 e. The number of nitrogens with zero attached hydrogens (tertiary/aromatic N) is 5. The lowest BCUT2D eigenvalue weighted by Crippen LogP contribution is -2.47. The standard InChI is InChI=1S/C22H28N6/c1-18(20-9-8-19-6-2-3-7-21(19)26-20)23-12-5-13-27-14-16-28(17-15-27)22-24-10-4-11-25-22/h2-4,6-11,18,23H,5,12-17H2,1H3/t18-/m0/s1. The predicted molar refractivity (Wildman–Crippen MR) is 113 cm³/mol. The summed E-state index contributed by atoms with van der Waals surface area (Å²) in [6, 6.07) is 14.7. The highest BCUT2D eigenvalue weighted by molar-refractivity contribution is 5.78. The van der Waals surface area contributed by atoms with Crippen molar-refractivity contribution in [1.29, 1.82) is 0 Å². The molecule has 1 aliphatic heterocycles. The van der Waals surface area contributed by atoms with Crippen molar-refractivity contribution in [3.63, 3.8) is 0 Å². The summed E-state index contributed by atoms with van der Waals surface area (Å²) in [5.74, 6) is 0.848. The van der Waals surface area contributed by atoms with Crippen molar-refractivity contribution in [2.24, 2.45) is 0 Å². The van der Waals surface area contributed by atoms with Crippen LogP contribution in [0.3, 0.4) is 0 Å². The lowest BCUT2D eigenvalue weighted by molar-refractivity contribution is 0.251. The Hall–Kier alpha value is -2.57. The van der Waals surface area contributed by atoms with Crippen molar-refractivity contribution >= 4 is 16.9 Å². The van der Waals surface area contributed by atoms with Gasteiger partial charge in [0.15, 0.2) is 0 Å². The van der Waals surface area contributed by atoms with Crippen LogP contribution in [-0.2, 0) is 0 Å². The Bertz CT molecular complexity index is 876. The van der Waals surface area contributed by atoms with Gasteiger partial charge in [0.2, 0.25) is 5.95 Å². The first-order valence-electron chi connectivity index (χ1n) is 10.1. The third-order valence-corrected chi connectivity index (χ3v) is 5.37. The molecule has 1 aromatic carbocycles. The Labute approximate surface area is 166 Å². The maximum atomic E-state index is 4.79. The zero-order valence-corrected chi connectivity index (χ0v) is 16.5. The number of piperazine rings is 1. The number of nitrogens with one attached hydrogen (secondary N) is 1. The molecule has 6 nitrogen and oxygen atoms in total. The van der Waals surface area contributed by atoms with Crippen LogP contribution in [0.5, 0.6) is 0 Å². The lowest BCUT2D eigenvalue weighted by Gasteiger charge is -2.34. The van der Waals surface area contributed by atoms with Crippen molar-refractivity contribution in [3.8, 4) is 0 Å². The molecule has 4 rings (SSSR count). The largest absolute Gasteiger partial charge is 0.338 e. The highest BCUT2D eigenvalue weighted by Gasteiger charge is 2.18. The van der Waals surface area contributed by atoms with Crippen molar-refractivity contribution < 1.29 is 0 Å². The van der Waals surface area contributed by atoms with E-state index in [4.69, 9.17) is 4.98 Å². The van der Waals surface area contributed by atoms with Gasteiger partial charge in [-0.15, -0.1) is 0 Å². The number of pyridine rings is 1. The number of benzene rings is 1. The van der Waals surface area contributed by atoms with Gasteiger partial charge in [0, 0.05) is 50.0 Å². The molecule has 1 N–H and O–H groups in total. The van der Waals surface area contributed by atoms with Gasteiger partial charge in [-0.25, -0.2) is 9.97 Å². The molecular formula is C22H28N6. The van der Waals surface area contributed by atoms with E-state index < -0.39 is 0 Å². The quantitative estimate of drug-likeness (QED) is 0.640. The van der Waals surface area contributed by atoms with E-state index in [0.717, 1.165) is 62.8 Å². The molecular weight excluding hydrogens is 348 g/mol. The molecule has 3 aromatic rings. The number of para-hydroxylation sites is 1. The second-order valence-electron chi connectivity index (χ2n) is 7.34. The van der Waals surface area contributed by atoms with E-state index in [1.165, 1.54) is 5.39 Å². The second kappa shape index (κ2) is 9.08. The van der Waals surface area contributed by atoms with Crippen LogP contribution >= 0.6 is 0 Å². The molecule has 0 radical (unpaired) electrons. The number of rotatable bonds is 7. The van der Waals surface area contributed by atoms with Crippen LogP contribution in [0.2, 0.25) is 0 Å². The van der Waals surface area contributed by atoms with E-state index in [-0.39, 0.29) is 6.04 Å². The number of anilines is 1. The number of fused-ring (bicyclic) bond motifs is 1. The maximum Gasteiger partial charge on any atom is 0.225 e. The Morgan fingerprint density at radius 3 is 2.57 bits per heavy atom. The minimum absolute atomic E-state index is 0.261. The summed E-state index contributed by atoms with van der Waals surface area (Å²) >= 11 is 0. The smallest absolute Gasteiger partial charge is 0.225 e. The van der Waals surface area contributed by atoms with E-state index in [2.05, 4.69) is 62.3 Å². The van der Waals surface area contributed by atoms with E-state index in [1.54, 1.807) is 0 Å². The first-order chi connectivity index (χ1) is 13.8. The summed E-state index contributed by atoms with van der Waals surface area (Å²) in [7, 11) is 0. The summed E-state index contributed by atoms with van der Waals surface area (Å²) in [6.45, 7) is 8.44. The topological polar surface area (TPSA) is 57.2 Å². The highest BCUT2D eigenvalue weighted by atomic mass is 15.3. The van der Waals surface area contributed by atoms with Gasteiger partial charge >= 0.3 is 0 Å². The average Bonchev–Trinajstić information content (AvgIpc) is 2.77. The Balaban J connectivity index is 1.18. The third kappa shape index (κ3) is 4.64. The molecule has 1 saturated heterocycles. The Morgan fingerprint density at radius 2 is 1.75 bits per heavy atom. The maximum absolute atomic E-state index is 4.79. The fraction of sp³-hybridized carbons (Fsp3) is 0.409. The molecule has 0 spiro atoms. The lowest BCUT2D eigenvalue weighted by atomic mass is 10.1. The molecule has 0 unspecified atom stereocenters. The van der Waals surface area contributed by atoms with Gasteiger partial charge in [0.1, 0.15) is 0 Å². The first-order valence-corrected chi connectivity index (χ1v) is 10.1. The molecule has 0 amide bonds. The molecule has 146 valence electrons. The fourth-order valence-electron chi connectivity index (χ4n) is 3.67. The van der Waals surface area contributed by atoms with Gasteiger partial charge in [-0.05, 0) is 44.6 Å². The van der Waals surface area contributed by atoms with Crippen molar-refractivity contribution in [1.82, 2.24) is 25.2 Å². The molecule has 2 aromatic heterocycles. The normalized spacial score (nSPS) is 16.4. The number of aromatic nitrogens is 3. The van der Waals surface area contributed by atoms with Gasteiger partial charge in [-0.1, -0.05) is 24.3 Å². The molecule has 1 fully saturated rings. The van der Waals surface area contributed by atoms with Gasteiger partial charge < -0.3 is 10.2 Å². The van der Waals surface area contributed by atoms with Crippen LogP contribution in [0.1, 0.15) is 25.1 Å². The fourth-order valence-corrected chi connectivity index (χ4v) is 3.67. The van der Waals surface area contributed by atoms with Crippen LogP contribution in [0.25, 0.3) is 10.9 Å². The monoisotopic (exact) mass is 376 g/mol. The zero-order valence-electron chi connectivity index (χ0n) is 16.5. The van der Waals surface area contributed by atoms with E-state index >= 15 is 0 Å². The SMILES string of the molecule is C[C@H](NCCCN1CCN(c2ncccn2)CC1)c1ccc2ccccc2n1. The molecule has 28 heavy (non-hydrogen) atoms. The van der Waals surface area contributed by atoms with E-state index in [9.17, 15) is 0 Å². The molecule has 3 heterocycles.